The van der Waals surface area contributed by atoms with Gasteiger partial charge in [-0.1, -0.05) is 36.5 Å². The molecule has 3 aromatic rings. The zero-order chi connectivity index (χ0) is 17.2. The first kappa shape index (κ1) is 15.7. The van der Waals surface area contributed by atoms with Gasteiger partial charge in [0.15, 0.2) is 17.1 Å². The molecule has 7 nitrogen and oxygen atoms in total. The monoisotopic (exact) mass is 341 g/mol. The van der Waals surface area contributed by atoms with E-state index in [0.717, 1.165) is 31.1 Å². The molecule has 0 radical (unpaired) electrons. The molecular weight excluding hydrogens is 322 g/mol. The lowest BCUT2D eigenvalue weighted by Gasteiger charge is -2.19. The van der Waals surface area contributed by atoms with E-state index in [0.29, 0.717) is 17.1 Å². The van der Waals surface area contributed by atoms with Crippen LogP contribution in [0.1, 0.15) is 32.1 Å². The average molecular weight is 341 g/mol. The van der Waals surface area contributed by atoms with Gasteiger partial charge in [0.1, 0.15) is 0 Å². The Labute approximate surface area is 144 Å². The van der Waals surface area contributed by atoms with Crippen molar-refractivity contribution in [2.24, 2.45) is 5.92 Å². The van der Waals surface area contributed by atoms with Crippen molar-refractivity contribution < 1.29 is 18.4 Å². The van der Waals surface area contributed by atoms with E-state index in [1.807, 2.05) is 18.2 Å². The van der Waals surface area contributed by atoms with Crippen LogP contribution >= 0.6 is 0 Å². The predicted octanol–water partition coefficient (Wildman–Crippen LogP) is 4.01. The minimum Gasteiger partial charge on any atom is -0.493 e. The Hall–Kier alpha value is -2.83. The highest BCUT2D eigenvalue weighted by Crippen LogP contribution is 2.33. The molecule has 1 aliphatic carbocycles. The molecule has 0 spiro atoms. The van der Waals surface area contributed by atoms with Gasteiger partial charge in [0.2, 0.25) is 5.91 Å². The van der Waals surface area contributed by atoms with Gasteiger partial charge in [-0.3, -0.25) is 10.1 Å². The lowest BCUT2D eigenvalue weighted by Crippen LogP contribution is -2.24. The van der Waals surface area contributed by atoms with E-state index in [2.05, 4.69) is 15.5 Å². The molecule has 1 fully saturated rings. The Bertz CT molecular complexity index is 893. The number of rotatable bonds is 4. The van der Waals surface area contributed by atoms with Crippen LogP contribution < -0.4 is 10.1 Å². The first-order valence-corrected chi connectivity index (χ1v) is 8.46. The second-order valence-electron chi connectivity index (χ2n) is 6.23. The number of amides is 1. The van der Waals surface area contributed by atoms with Crippen LogP contribution in [0.15, 0.2) is 33.1 Å². The summed E-state index contributed by atoms with van der Waals surface area (Å²) in [5.74, 6) is 1.26. The van der Waals surface area contributed by atoms with Crippen molar-refractivity contribution in [3.8, 4) is 17.4 Å². The largest absolute Gasteiger partial charge is 0.493 e. The molecule has 1 saturated carbocycles. The van der Waals surface area contributed by atoms with Crippen molar-refractivity contribution in [2.45, 2.75) is 32.1 Å². The maximum atomic E-state index is 12.3. The molecule has 1 N–H and O–H groups in total. The standard InChI is InChI=1S/C18H19N3O4/c1-23-13-9-5-8-12-10-14(24-15(12)13)17-20-21-18(25-17)19-16(22)11-6-3-2-4-7-11/h5,8-11H,2-4,6-7H2,1H3,(H,19,21,22). The molecule has 25 heavy (non-hydrogen) atoms. The highest BCUT2D eigenvalue weighted by molar-refractivity contribution is 5.90. The number of benzene rings is 1. The van der Waals surface area contributed by atoms with Gasteiger partial charge in [0.05, 0.1) is 7.11 Å². The predicted molar refractivity (Wildman–Crippen MR) is 91.3 cm³/mol. The number of furan rings is 1. The van der Waals surface area contributed by atoms with Crippen molar-refractivity contribution >= 4 is 22.9 Å². The van der Waals surface area contributed by atoms with Crippen molar-refractivity contribution in [1.82, 2.24) is 10.2 Å². The van der Waals surface area contributed by atoms with E-state index >= 15 is 0 Å². The zero-order valence-corrected chi connectivity index (χ0v) is 13.9. The molecule has 1 amide bonds. The van der Waals surface area contributed by atoms with E-state index in [1.54, 1.807) is 13.2 Å². The minimum absolute atomic E-state index is 0.0274. The fraction of sp³-hybridized carbons (Fsp3) is 0.389. The SMILES string of the molecule is COc1cccc2cc(-c3nnc(NC(=O)C4CCCCC4)o3)oc12. The Kier molecular flexibility index (Phi) is 4.13. The minimum atomic E-state index is -0.0545. The van der Waals surface area contributed by atoms with Crippen molar-refractivity contribution in [3.05, 3.63) is 24.3 Å². The molecular formula is C18H19N3O4. The highest BCUT2D eigenvalue weighted by atomic mass is 16.5. The van der Waals surface area contributed by atoms with Gasteiger partial charge in [-0.05, 0) is 25.0 Å². The molecule has 1 aromatic carbocycles. The summed E-state index contributed by atoms with van der Waals surface area (Å²) < 4.78 is 16.6. The van der Waals surface area contributed by atoms with Crippen molar-refractivity contribution in [2.75, 3.05) is 12.4 Å². The van der Waals surface area contributed by atoms with E-state index in [9.17, 15) is 4.79 Å². The average Bonchev–Trinajstić information content (AvgIpc) is 3.28. The number of ether oxygens (including phenoxy) is 1. The molecule has 4 rings (SSSR count). The third-order valence-electron chi connectivity index (χ3n) is 4.57. The summed E-state index contributed by atoms with van der Waals surface area (Å²) in [5, 5.41) is 11.5. The Morgan fingerprint density at radius 3 is 2.84 bits per heavy atom. The highest BCUT2D eigenvalue weighted by Gasteiger charge is 2.23. The molecule has 0 atom stereocenters. The van der Waals surface area contributed by atoms with Crippen LogP contribution in [0, 0.1) is 5.92 Å². The molecule has 0 bridgehead atoms. The van der Waals surface area contributed by atoms with Gasteiger partial charge in [-0.15, -0.1) is 5.10 Å². The summed E-state index contributed by atoms with van der Waals surface area (Å²) in [6, 6.07) is 7.51. The van der Waals surface area contributed by atoms with E-state index < -0.39 is 0 Å². The number of para-hydroxylation sites is 1. The number of carbonyl (C=O) groups is 1. The van der Waals surface area contributed by atoms with Crippen LogP contribution in [0.5, 0.6) is 5.75 Å². The lowest BCUT2D eigenvalue weighted by atomic mass is 9.89. The van der Waals surface area contributed by atoms with Gasteiger partial charge in [0, 0.05) is 11.3 Å². The normalized spacial score (nSPS) is 15.4. The van der Waals surface area contributed by atoms with Crippen LogP contribution in [-0.2, 0) is 4.79 Å². The van der Waals surface area contributed by atoms with Crippen LogP contribution in [0.4, 0.5) is 6.01 Å². The fourth-order valence-corrected chi connectivity index (χ4v) is 3.25. The molecule has 2 heterocycles. The number of methoxy groups -OCH3 is 1. The molecule has 2 aromatic heterocycles. The molecule has 1 aliphatic rings. The molecule has 0 saturated heterocycles. The van der Waals surface area contributed by atoms with E-state index in [1.165, 1.54) is 6.42 Å². The number of hydrogen-bond acceptors (Lipinski definition) is 6. The number of nitrogens with one attached hydrogen (secondary N) is 1. The third kappa shape index (κ3) is 3.09. The van der Waals surface area contributed by atoms with E-state index in [-0.39, 0.29) is 23.7 Å². The lowest BCUT2D eigenvalue weighted by molar-refractivity contribution is -0.120. The van der Waals surface area contributed by atoms with Crippen molar-refractivity contribution in [3.63, 3.8) is 0 Å². The molecule has 0 unspecified atom stereocenters. The Morgan fingerprint density at radius 2 is 2.04 bits per heavy atom. The number of hydrogen-bond donors (Lipinski definition) is 1. The zero-order valence-electron chi connectivity index (χ0n) is 13.9. The summed E-state index contributed by atoms with van der Waals surface area (Å²) in [6.45, 7) is 0. The molecule has 130 valence electrons. The van der Waals surface area contributed by atoms with Crippen molar-refractivity contribution in [1.29, 1.82) is 0 Å². The van der Waals surface area contributed by atoms with Gasteiger partial charge < -0.3 is 13.6 Å². The van der Waals surface area contributed by atoms with Crippen LogP contribution in [0.25, 0.3) is 22.6 Å². The third-order valence-corrected chi connectivity index (χ3v) is 4.57. The van der Waals surface area contributed by atoms with Crippen LogP contribution in [0.3, 0.4) is 0 Å². The van der Waals surface area contributed by atoms with Gasteiger partial charge in [-0.25, -0.2) is 0 Å². The maximum Gasteiger partial charge on any atom is 0.322 e. The first-order valence-electron chi connectivity index (χ1n) is 8.46. The van der Waals surface area contributed by atoms with Gasteiger partial charge in [-0.2, -0.15) is 0 Å². The number of nitrogens with zero attached hydrogens (tertiary/aromatic N) is 2. The summed E-state index contributed by atoms with van der Waals surface area (Å²) >= 11 is 0. The fourth-order valence-electron chi connectivity index (χ4n) is 3.25. The number of fused-ring (bicyclic) bond motifs is 1. The second-order valence-corrected chi connectivity index (χ2v) is 6.23. The smallest absolute Gasteiger partial charge is 0.322 e. The summed E-state index contributed by atoms with van der Waals surface area (Å²) in [5.41, 5.74) is 0.617. The number of anilines is 1. The number of aromatic nitrogens is 2. The number of carbonyl (C=O) groups excluding carboxylic acids is 1. The Balaban J connectivity index is 1.54. The topological polar surface area (TPSA) is 90.4 Å². The summed E-state index contributed by atoms with van der Waals surface area (Å²) in [6.07, 6.45) is 5.21. The van der Waals surface area contributed by atoms with E-state index in [4.69, 9.17) is 13.6 Å². The molecule has 7 heteroatoms. The summed E-state index contributed by atoms with van der Waals surface area (Å²) in [7, 11) is 1.59. The second kappa shape index (κ2) is 6.58. The molecule has 0 aliphatic heterocycles. The van der Waals surface area contributed by atoms with Crippen LogP contribution in [0.2, 0.25) is 0 Å². The first-order chi connectivity index (χ1) is 12.2. The summed E-state index contributed by atoms with van der Waals surface area (Å²) in [4.78, 5) is 12.3. The van der Waals surface area contributed by atoms with Gasteiger partial charge in [0.25, 0.3) is 5.89 Å². The maximum absolute atomic E-state index is 12.3. The van der Waals surface area contributed by atoms with Gasteiger partial charge >= 0.3 is 6.01 Å². The van der Waals surface area contributed by atoms with Crippen LogP contribution in [-0.4, -0.2) is 23.2 Å². The quantitative estimate of drug-likeness (QED) is 0.771. The Morgan fingerprint density at radius 1 is 1.20 bits per heavy atom.